The fraction of sp³-hybridized carbons (Fsp3) is 0. The molecule has 0 aliphatic heterocycles. The molecule has 2 rings (SSSR count). The van der Waals surface area contributed by atoms with Crippen LogP contribution < -0.4 is 11.2 Å². The van der Waals surface area contributed by atoms with Crippen molar-refractivity contribution >= 4 is 11.8 Å². The van der Waals surface area contributed by atoms with Crippen molar-refractivity contribution in [3.63, 3.8) is 0 Å². The van der Waals surface area contributed by atoms with Gasteiger partial charge in [-0.15, -0.1) is 5.10 Å². The zero-order valence-corrected chi connectivity index (χ0v) is 7.04. The molecular weight excluding hydrogens is 208 g/mol. The summed E-state index contributed by atoms with van der Waals surface area (Å²) in [6, 6.07) is 0. The number of H-pyrrole nitrogens is 1. The first-order valence-corrected chi connectivity index (χ1v) is 3.58. The van der Waals surface area contributed by atoms with Crippen LogP contribution in [0.5, 0.6) is 0 Å². The molecule has 2 heterocycles. The molecule has 2 aromatic rings. The molecule has 0 amide bonds. The molecule has 0 bridgehead atoms. The molecule has 2 aromatic heterocycles. The first kappa shape index (κ1) is 8.86. The maximum Gasteiger partial charge on any atom is 0.281 e. The Morgan fingerprint density at radius 1 is 1.53 bits per heavy atom. The zero-order chi connectivity index (χ0) is 10.8. The molecule has 4 N–H and O–H groups in total. The van der Waals surface area contributed by atoms with E-state index < -0.39 is 5.03 Å². The summed E-state index contributed by atoms with van der Waals surface area (Å²) in [5, 5.41) is 21.9. The van der Waals surface area contributed by atoms with Gasteiger partial charge in [-0.3, -0.25) is 0 Å². The number of aromatic nitrogens is 5. The lowest BCUT2D eigenvalue weighted by Gasteiger charge is -1.86. The van der Waals surface area contributed by atoms with E-state index in [1.807, 2.05) is 0 Å². The number of nitrogens with two attached hydrogens (primary N) is 1. The van der Waals surface area contributed by atoms with Crippen LogP contribution in [0.15, 0.2) is 4.63 Å². The molecule has 0 saturated heterocycles. The zero-order valence-electron chi connectivity index (χ0n) is 7.04. The Bertz CT molecular complexity index is 488. The first-order valence-electron chi connectivity index (χ1n) is 3.58. The normalized spacial score (nSPS) is 10.1. The minimum absolute atomic E-state index is 0.00153. The predicted molar refractivity (Wildman–Crippen MR) is 44.7 cm³/mol. The monoisotopic (exact) mass is 212 g/mol. The van der Waals surface area contributed by atoms with Gasteiger partial charge in [-0.05, 0) is 10.3 Å². The molecule has 0 aromatic carbocycles. The van der Waals surface area contributed by atoms with Crippen molar-refractivity contribution in [2.24, 2.45) is 0 Å². The summed E-state index contributed by atoms with van der Waals surface area (Å²) >= 11 is 0. The van der Waals surface area contributed by atoms with Crippen LogP contribution in [-0.4, -0.2) is 30.5 Å². The van der Waals surface area contributed by atoms with Crippen LogP contribution >= 0.6 is 0 Å². The van der Waals surface area contributed by atoms with Crippen molar-refractivity contribution in [3.05, 3.63) is 10.1 Å². The molecule has 11 heteroatoms. The molecule has 0 unspecified atom stereocenters. The molecule has 0 spiro atoms. The summed E-state index contributed by atoms with van der Waals surface area (Å²) in [6.07, 6.45) is 0. The van der Waals surface area contributed by atoms with Gasteiger partial charge in [-0.1, -0.05) is 5.43 Å². The highest BCUT2D eigenvalue weighted by atomic mass is 16.7. The van der Waals surface area contributed by atoms with E-state index >= 15 is 0 Å². The summed E-state index contributed by atoms with van der Waals surface area (Å²) in [6.45, 7) is 0. The fourth-order valence-corrected chi connectivity index (χ4v) is 0.855. The van der Waals surface area contributed by atoms with Crippen LogP contribution in [0.1, 0.15) is 0 Å². The average molecular weight is 212 g/mol. The van der Waals surface area contributed by atoms with Gasteiger partial charge in [-0.2, -0.15) is 4.98 Å². The molecule has 78 valence electrons. The van der Waals surface area contributed by atoms with Crippen molar-refractivity contribution in [2.45, 2.75) is 0 Å². The second-order valence-electron chi connectivity index (χ2n) is 2.37. The van der Waals surface area contributed by atoms with E-state index in [0.717, 1.165) is 0 Å². The molecule has 0 aliphatic carbocycles. The van der Waals surface area contributed by atoms with Gasteiger partial charge in [0.2, 0.25) is 5.82 Å². The molecule has 0 radical (unpaired) electrons. The first-order chi connectivity index (χ1) is 7.16. The third-order valence-electron chi connectivity index (χ3n) is 1.41. The summed E-state index contributed by atoms with van der Waals surface area (Å²) in [5.74, 6) is -0.0860. The number of nitro groups is 1. The lowest BCUT2D eigenvalue weighted by Crippen LogP contribution is -2.08. The number of aromatic amines is 1. The van der Waals surface area contributed by atoms with E-state index in [1.54, 1.807) is 5.43 Å². The number of nitrogen functional groups attached to an aromatic ring is 1. The van der Waals surface area contributed by atoms with Gasteiger partial charge in [-0.25, -0.2) is 19.8 Å². The summed E-state index contributed by atoms with van der Waals surface area (Å²) < 4.78 is 4.32. The lowest BCUT2D eigenvalue weighted by molar-refractivity contribution is -0.446. The van der Waals surface area contributed by atoms with E-state index in [0.29, 0.717) is 0 Å². The lowest BCUT2D eigenvalue weighted by atomic mass is 10.4. The van der Waals surface area contributed by atoms with Crippen LogP contribution in [-0.2, 0) is 0 Å². The number of hydrogen-bond acceptors (Lipinski definition) is 8. The smallest absolute Gasteiger partial charge is 0.281 e. The van der Waals surface area contributed by atoms with Crippen molar-refractivity contribution in [2.75, 3.05) is 11.2 Å². The molecule has 11 nitrogen and oxygen atoms in total. The second kappa shape index (κ2) is 3.21. The maximum atomic E-state index is 10.1. The average Bonchev–Trinajstić information content (AvgIpc) is 2.72. The minimum atomic E-state index is -0.783. The largest absolute Gasteiger partial charge is 0.379 e. The fourth-order valence-electron chi connectivity index (χ4n) is 0.855. The molecule has 0 saturated carbocycles. The highest BCUT2D eigenvalue weighted by Crippen LogP contribution is 2.17. The predicted octanol–water partition coefficient (Wildman–Crippen LogP) is -0.960. The quantitative estimate of drug-likeness (QED) is 0.429. The molecule has 15 heavy (non-hydrogen) atoms. The maximum absolute atomic E-state index is 10.1. The topological polar surface area (TPSA) is 162 Å². The van der Waals surface area contributed by atoms with E-state index in [1.165, 1.54) is 0 Å². The summed E-state index contributed by atoms with van der Waals surface area (Å²) in [4.78, 5) is 13.8. The van der Waals surface area contributed by atoms with Gasteiger partial charge >= 0.3 is 0 Å². The Kier molecular flexibility index (Phi) is 1.89. The second-order valence-corrected chi connectivity index (χ2v) is 2.37. The highest BCUT2D eigenvalue weighted by Gasteiger charge is 2.15. The van der Waals surface area contributed by atoms with Gasteiger partial charge in [0.15, 0.2) is 16.5 Å². The van der Waals surface area contributed by atoms with Crippen LogP contribution in [0.4, 0.5) is 11.8 Å². The molecule has 0 atom stereocenters. The van der Waals surface area contributed by atoms with Crippen LogP contribution in [0.2, 0.25) is 0 Å². The Morgan fingerprint density at radius 2 is 2.33 bits per heavy atom. The number of nitrogens with zero attached hydrogens (tertiary/aromatic N) is 5. The SMILES string of the molecule is Nc1nonc1-c1n[nH]c(N[N+](=O)[O-])n1. The summed E-state index contributed by atoms with van der Waals surface area (Å²) in [5.41, 5.74) is 7.26. The van der Waals surface area contributed by atoms with Crippen LogP contribution in [0, 0.1) is 10.1 Å². The van der Waals surface area contributed by atoms with Gasteiger partial charge in [0.05, 0.1) is 0 Å². The van der Waals surface area contributed by atoms with Gasteiger partial charge in [0, 0.05) is 0 Å². The van der Waals surface area contributed by atoms with E-state index in [-0.39, 0.29) is 23.3 Å². The summed E-state index contributed by atoms with van der Waals surface area (Å²) in [7, 11) is 0. The van der Waals surface area contributed by atoms with Crippen molar-refractivity contribution in [3.8, 4) is 11.5 Å². The van der Waals surface area contributed by atoms with Gasteiger partial charge < -0.3 is 5.73 Å². The van der Waals surface area contributed by atoms with Crippen LogP contribution in [0.25, 0.3) is 11.5 Å². The highest BCUT2D eigenvalue weighted by molar-refractivity contribution is 5.62. The Hall–Kier alpha value is -2.72. The Balaban J connectivity index is 2.28. The third kappa shape index (κ3) is 1.65. The standard InChI is InChI=1S/C4H4N8O3/c5-2-1(10-15-11-2)3-6-4(8-7-3)9-12(13)14/h(H2,5,11)(H2,6,7,8,9). The third-order valence-corrected chi connectivity index (χ3v) is 1.41. The van der Waals surface area contributed by atoms with Crippen molar-refractivity contribution in [1.82, 2.24) is 25.5 Å². The molecule has 0 fully saturated rings. The van der Waals surface area contributed by atoms with E-state index in [2.05, 4.69) is 30.1 Å². The van der Waals surface area contributed by atoms with Crippen molar-refractivity contribution < 1.29 is 9.66 Å². The molecular formula is C4H4N8O3. The van der Waals surface area contributed by atoms with E-state index in [4.69, 9.17) is 5.73 Å². The number of hydrogen-bond donors (Lipinski definition) is 3. The van der Waals surface area contributed by atoms with E-state index in [9.17, 15) is 10.1 Å². The van der Waals surface area contributed by atoms with Crippen LogP contribution in [0.3, 0.4) is 0 Å². The molecule has 0 aliphatic rings. The number of nitrogens with one attached hydrogen (secondary N) is 2. The Morgan fingerprint density at radius 3 is 2.93 bits per heavy atom. The number of rotatable bonds is 3. The van der Waals surface area contributed by atoms with Gasteiger partial charge in [0.1, 0.15) is 0 Å². The number of hydrazine groups is 1. The minimum Gasteiger partial charge on any atom is -0.379 e. The Labute approximate surface area is 80.8 Å². The number of anilines is 2. The van der Waals surface area contributed by atoms with Gasteiger partial charge in [0.25, 0.3) is 5.95 Å². The van der Waals surface area contributed by atoms with Crippen molar-refractivity contribution in [1.29, 1.82) is 0 Å².